The predicted octanol–water partition coefficient (Wildman–Crippen LogP) is 4.97. The molecule has 0 fully saturated rings. The largest absolute Gasteiger partial charge is 0.497 e. The Bertz CT molecular complexity index is 790. The molecule has 0 saturated heterocycles. The Morgan fingerprint density at radius 1 is 0.833 bits per heavy atom. The Labute approximate surface area is 142 Å². The zero-order chi connectivity index (χ0) is 16.8. The summed E-state index contributed by atoms with van der Waals surface area (Å²) in [4.78, 5) is 0. The van der Waals surface area contributed by atoms with Gasteiger partial charge in [-0.1, -0.05) is 72.8 Å². The van der Waals surface area contributed by atoms with Crippen molar-refractivity contribution < 1.29 is 9.84 Å². The van der Waals surface area contributed by atoms with Gasteiger partial charge in [-0.2, -0.15) is 0 Å². The molecule has 0 aliphatic heterocycles. The average Bonchev–Trinajstić information content (AvgIpc) is 2.67. The molecule has 1 N–H and O–H groups in total. The summed E-state index contributed by atoms with van der Waals surface area (Å²) in [6.45, 7) is 0. The second kappa shape index (κ2) is 7.62. The van der Waals surface area contributed by atoms with Gasteiger partial charge in [0.25, 0.3) is 0 Å². The van der Waals surface area contributed by atoms with Crippen molar-refractivity contribution in [3.05, 3.63) is 102 Å². The zero-order valence-electron chi connectivity index (χ0n) is 13.6. The molecule has 3 aromatic carbocycles. The second-order valence-corrected chi connectivity index (χ2v) is 5.55. The minimum atomic E-state index is -0.685. The molecule has 2 nitrogen and oxygen atoms in total. The summed E-state index contributed by atoms with van der Waals surface area (Å²) in [5, 5.41) is 10.9. The van der Waals surface area contributed by atoms with Crippen LogP contribution >= 0.6 is 0 Å². The van der Waals surface area contributed by atoms with Crippen molar-refractivity contribution in [2.75, 3.05) is 7.11 Å². The second-order valence-electron chi connectivity index (χ2n) is 5.55. The molecule has 120 valence electrons. The highest BCUT2D eigenvalue weighted by Crippen LogP contribution is 2.32. The molecule has 1 atom stereocenters. The maximum atomic E-state index is 10.9. The Morgan fingerprint density at radius 3 is 2.00 bits per heavy atom. The number of methoxy groups -OCH3 is 1. The highest BCUT2D eigenvalue weighted by Gasteiger charge is 2.15. The normalized spacial score (nSPS) is 12.7. The summed E-state index contributed by atoms with van der Waals surface area (Å²) in [6, 6.07) is 27.5. The number of aliphatic hydroxyl groups excluding tert-OH is 1. The lowest BCUT2D eigenvalue weighted by atomic mass is 9.93. The van der Waals surface area contributed by atoms with Crippen molar-refractivity contribution >= 4 is 11.6 Å². The molecule has 0 saturated carbocycles. The van der Waals surface area contributed by atoms with E-state index in [2.05, 4.69) is 0 Å². The third kappa shape index (κ3) is 3.73. The van der Waals surface area contributed by atoms with E-state index in [0.29, 0.717) is 0 Å². The van der Waals surface area contributed by atoms with Crippen LogP contribution in [0.15, 0.2) is 84.9 Å². The van der Waals surface area contributed by atoms with Crippen molar-refractivity contribution in [2.45, 2.75) is 6.10 Å². The van der Waals surface area contributed by atoms with Gasteiger partial charge in [0, 0.05) is 0 Å². The maximum Gasteiger partial charge on any atom is 0.118 e. The van der Waals surface area contributed by atoms with Crippen LogP contribution in [0.4, 0.5) is 0 Å². The Morgan fingerprint density at radius 2 is 1.42 bits per heavy atom. The molecule has 0 bridgehead atoms. The van der Waals surface area contributed by atoms with Crippen LogP contribution in [0, 0.1) is 0 Å². The zero-order valence-corrected chi connectivity index (χ0v) is 13.6. The Kier molecular flexibility index (Phi) is 5.09. The highest BCUT2D eigenvalue weighted by atomic mass is 16.5. The first-order chi connectivity index (χ1) is 11.8. The molecule has 2 heteroatoms. The molecule has 0 spiro atoms. The van der Waals surface area contributed by atoms with Crippen molar-refractivity contribution in [3.8, 4) is 5.75 Å². The van der Waals surface area contributed by atoms with Crippen LogP contribution in [-0.2, 0) is 0 Å². The van der Waals surface area contributed by atoms with Crippen LogP contribution in [0.5, 0.6) is 5.75 Å². The van der Waals surface area contributed by atoms with Crippen molar-refractivity contribution in [1.29, 1.82) is 0 Å². The lowest BCUT2D eigenvalue weighted by Crippen LogP contribution is -2.01. The number of hydrogen-bond donors (Lipinski definition) is 1. The fourth-order valence-corrected chi connectivity index (χ4v) is 2.65. The van der Waals surface area contributed by atoms with E-state index < -0.39 is 6.10 Å². The molecule has 3 rings (SSSR count). The van der Waals surface area contributed by atoms with Crippen molar-refractivity contribution in [3.63, 3.8) is 0 Å². The van der Waals surface area contributed by atoms with Crippen LogP contribution in [0.1, 0.15) is 22.8 Å². The minimum absolute atomic E-state index is 0.685. The molecule has 1 unspecified atom stereocenters. The van der Waals surface area contributed by atoms with Gasteiger partial charge in [0.2, 0.25) is 0 Å². The van der Waals surface area contributed by atoms with E-state index in [-0.39, 0.29) is 0 Å². The summed E-state index contributed by atoms with van der Waals surface area (Å²) < 4.78 is 5.21. The SMILES string of the molecule is COc1ccc(/C=C(\c2ccccc2)C(O)c2ccccc2)cc1. The van der Waals surface area contributed by atoms with E-state index in [9.17, 15) is 5.11 Å². The van der Waals surface area contributed by atoms with Gasteiger partial charge in [0.1, 0.15) is 11.9 Å². The minimum Gasteiger partial charge on any atom is -0.497 e. The van der Waals surface area contributed by atoms with Gasteiger partial charge < -0.3 is 9.84 Å². The first-order valence-electron chi connectivity index (χ1n) is 7.92. The quantitative estimate of drug-likeness (QED) is 0.673. The van der Waals surface area contributed by atoms with E-state index in [1.165, 1.54) is 0 Å². The molecule has 0 aliphatic carbocycles. The summed E-state index contributed by atoms with van der Waals surface area (Å²) in [5.74, 6) is 0.817. The van der Waals surface area contributed by atoms with Crippen LogP contribution in [-0.4, -0.2) is 12.2 Å². The van der Waals surface area contributed by atoms with Crippen LogP contribution < -0.4 is 4.74 Å². The van der Waals surface area contributed by atoms with Gasteiger partial charge in [-0.25, -0.2) is 0 Å². The molecule has 24 heavy (non-hydrogen) atoms. The molecule has 0 aliphatic rings. The van der Waals surface area contributed by atoms with E-state index in [0.717, 1.165) is 28.0 Å². The predicted molar refractivity (Wildman–Crippen MR) is 98.7 cm³/mol. The smallest absolute Gasteiger partial charge is 0.118 e. The number of hydrogen-bond acceptors (Lipinski definition) is 2. The van der Waals surface area contributed by atoms with E-state index >= 15 is 0 Å². The molecule has 0 aromatic heterocycles. The van der Waals surface area contributed by atoms with Gasteiger partial charge in [-0.3, -0.25) is 0 Å². The summed E-state index contributed by atoms with van der Waals surface area (Å²) >= 11 is 0. The average molecular weight is 316 g/mol. The van der Waals surface area contributed by atoms with Gasteiger partial charge in [0.05, 0.1) is 7.11 Å². The van der Waals surface area contributed by atoms with Crippen molar-refractivity contribution in [1.82, 2.24) is 0 Å². The van der Waals surface area contributed by atoms with Crippen LogP contribution in [0.25, 0.3) is 11.6 Å². The van der Waals surface area contributed by atoms with Crippen LogP contribution in [0.3, 0.4) is 0 Å². The number of rotatable bonds is 5. The first-order valence-corrected chi connectivity index (χ1v) is 7.92. The lowest BCUT2D eigenvalue weighted by molar-refractivity contribution is 0.239. The van der Waals surface area contributed by atoms with E-state index in [4.69, 9.17) is 4.74 Å². The molecular formula is C22H20O2. The van der Waals surface area contributed by atoms with Gasteiger partial charge >= 0.3 is 0 Å². The Balaban J connectivity index is 2.03. The molecule has 0 heterocycles. The summed E-state index contributed by atoms with van der Waals surface area (Å²) in [6.07, 6.45) is 1.34. The monoisotopic (exact) mass is 316 g/mol. The summed E-state index contributed by atoms with van der Waals surface area (Å²) in [5.41, 5.74) is 3.77. The van der Waals surface area contributed by atoms with E-state index in [1.54, 1.807) is 7.11 Å². The fraction of sp³-hybridized carbons (Fsp3) is 0.0909. The number of aliphatic hydroxyl groups is 1. The number of ether oxygens (including phenoxy) is 1. The molecule has 0 amide bonds. The van der Waals surface area contributed by atoms with Gasteiger partial charge in [0.15, 0.2) is 0 Å². The third-order valence-corrected chi connectivity index (χ3v) is 3.95. The molecule has 0 radical (unpaired) electrons. The lowest BCUT2D eigenvalue weighted by Gasteiger charge is -2.16. The molecular weight excluding hydrogens is 296 g/mol. The topological polar surface area (TPSA) is 29.5 Å². The maximum absolute atomic E-state index is 10.9. The third-order valence-electron chi connectivity index (χ3n) is 3.95. The fourth-order valence-electron chi connectivity index (χ4n) is 2.65. The first kappa shape index (κ1) is 16.0. The van der Waals surface area contributed by atoms with E-state index in [1.807, 2.05) is 91.0 Å². The highest BCUT2D eigenvalue weighted by molar-refractivity contribution is 5.84. The Hall–Kier alpha value is -2.84. The van der Waals surface area contributed by atoms with Crippen molar-refractivity contribution in [2.24, 2.45) is 0 Å². The molecule has 3 aromatic rings. The van der Waals surface area contributed by atoms with Gasteiger partial charge in [-0.05, 0) is 40.5 Å². The van der Waals surface area contributed by atoms with Crippen LogP contribution in [0.2, 0.25) is 0 Å². The van der Waals surface area contributed by atoms with Gasteiger partial charge in [-0.15, -0.1) is 0 Å². The summed E-state index contributed by atoms with van der Waals surface area (Å²) in [7, 11) is 1.65. The number of benzene rings is 3. The standard InChI is InChI=1S/C22H20O2/c1-24-20-14-12-17(13-15-20)16-21(18-8-4-2-5-9-18)22(23)19-10-6-3-7-11-19/h2-16,22-23H,1H3/b21-16+.